The number of halogens is 1. The summed E-state index contributed by atoms with van der Waals surface area (Å²) < 4.78 is 0. The summed E-state index contributed by atoms with van der Waals surface area (Å²) in [6.07, 6.45) is 1.75. The van der Waals surface area contributed by atoms with Crippen LogP contribution in [0.1, 0.15) is 23.2 Å². The van der Waals surface area contributed by atoms with Gasteiger partial charge in [-0.2, -0.15) is 0 Å². The summed E-state index contributed by atoms with van der Waals surface area (Å²) in [4.78, 5) is 23.4. The first kappa shape index (κ1) is 12.9. The summed E-state index contributed by atoms with van der Waals surface area (Å²) in [5, 5.41) is 3.39. The highest BCUT2D eigenvalue weighted by atomic mass is 35.5. The normalized spacial score (nSPS) is 18.4. The summed E-state index contributed by atoms with van der Waals surface area (Å²) in [5.74, 6) is -0.653. The zero-order valence-corrected chi connectivity index (χ0v) is 10.5. The van der Waals surface area contributed by atoms with Gasteiger partial charge >= 0.3 is 0 Å². The Kier molecular flexibility index (Phi) is 4.17. The maximum Gasteiger partial charge on any atom is 0.271 e. The molecule has 1 fully saturated rings. The average Bonchev–Trinajstić information content (AvgIpc) is 2.90. The Morgan fingerprint density at radius 1 is 1.28 bits per heavy atom. The van der Waals surface area contributed by atoms with Crippen LogP contribution in [-0.2, 0) is 4.79 Å². The molecule has 5 nitrogen and oxygen atoms in total. The van der Waals surface area contributed by atoms with Gasteiger partial charge in [-0.3, -0.25) is 20.4 Å². The number of rotatable bonds is 2. The molecular weight excluding hydrogens is 254 g/mol. The second kappa shape index (κ2) is 5.84. The van der Waals surface area contributed by atoms with E-state index < -0.39 is 5.91 Å². The van der Waals surface area contributed by atoms with E-state index in [2.05, 4.69) is 16.2 Å². The van der Waals surface area contributed by atoms with E-state index >= 15 is 0 Å². The summed E-state index contributed by atoms with van der Waals surface area (Å²) in [6, 6.07) is 6.44. The molecule has 0 spiro atoms. The zero-order chi connectivity index (χ0) is 13.0. The molecule has 1 aromatic carbocycles. The molecule has 6 heteroatoms. The Morgan fingerprint density at radius 3 is 2.72 bits per heavy atom. The van der Waals surface area contributed by atoms with Gasteiger partial charge in [0.2, 0.25) is 0 Å². The van der Waals surface area contributed by atoms with E-state index in [9.17, 15) is 9.59 Å². The van der Waals surface area contributed by atoms with E-state index in [0.29, 0.717) is 10.6 Å². The van der Waals surface area contributed by atoms with Gasteiger partial charge in [-0.05, 0) is 31.5 Å². The van der Waals surface area contributed by atoms with Gasteiger partial charge in [0, 0.05) is 0 Å². The maximum absolute atomic E-state index is 11.8. The van der Waals surface area contributed by atoms with Gasteiger partial charge in [-0.25, -0.2) is 0 Å². The summed E-state index contributed by atoms with van der Waals surface area (Å²) in [6.45, 7) is 0.830. The highest BCUT2D eigenvalue weighted by molar-refractivity contribution is 6.33. The number of benzene rings is 1. The molecule has 1 aliphatic heterocycles. The van der Waals surface area contributed by atoms with Crippen molar-refractivity contribution in [2.24, 2.45) is 0 Å². The molecule has 1 unspecified atom stereocenters. The predicted molar refractivity (Wildman–Crippen MR) is 68.1 cm³/mol. The molecule has 0 aromatic heterocycles. The van der Waals surface area contributed by atoms with Crippen molar-refractivity contribution in [2.75, 3.05) is 6.54 Å². The molecule has 2 amide bonds. The fourth-order valence-electron chi connectivity index (χ4n) is 1.83. The van der Waals surface area contributed by atoms with Crippen LogP contribution in [-0.4, -0.2) is 24.4 Å². The van der Waals surface area contributed by atoms with Crippen molar-refractivity contribution in [3.63, 3.8) is 0 Å². The van der Waals surface area contributed by atoms with E-state index in [1.54, 1.807) is 24.3 Å². The largest absolute Gasteiger partial charge is 0.306 e. The molecule has 1 aliphatic rings. The van der Waals surface area contributed by atoms with Gasteiger partial charge in [0.25, 0.3) is 11.8 Å². The average molecular weight is 268 g/mol. The number of hydrogen-bond acceptors (Lipinski definition) is 3. The van der Waals surface area contributed by atoms with Gasteiger partial charge in [0.1, 0.15) is 0 Å². The monoisotopic (exact) mass is 267 g/mol. The molecule has 3 N–H and O–H groups in total. The standard InChI is InChI=1S/C12H14ClN3O2/c13-9-5-2-1-4-8(9)11(17)15-16-12(18)10-6-3-7-14-10/h1-2,4-5,10,14H,3,6-7H2,(H,15,17)(H,16,18). The molecular formula is C12H14ClN3O2. The minimum atomic E-state index is -0.424. The van der Waals surface area contributed by atoms with Crippen molar-refractivity contribution in [3.8, 4) is 0 Å². The Morgan fingerprint density at radius 2 is 2.06 bits per heavy atom. The first-order valence-electron chi connectivity index (χ1n) is 5.76. The van der Waals surface area contributed by atoms with Crippen LogP contribution in [0.25, 0.3) is 0 Å². The Hall–Kier alpha value is -1.59. The van der Waals surface area contributed by atoms with E-state index in [1.807, 2.05) is 0 Å². The lowest BCUT2D eigenvalue weighted by Crippen LogP contribution is -2.49. The van der Waals surface area contributed by atoms with Crippen molar-refractivity contribution in [1.82, 2.24) is 16.2 Å². The van der Waals surface area contributed by atoms with Crippen LogP contribution in [0.5, 0.6) is 0 Å². The number of hydrogen-bond donors (Lipinski definition) is 3. The highest BCUT2D eigenvalue weighted by Crippen LogP contribution is 2.14. The fourth-order valence-corrected chi connectivity index (χ4v) is 2.05. The van der Waals surface area contributed by atoms with E-state index in [-0.39, 0.29) is 11.9 Å². The summed E-state index contributed by atoms with van der Waals surface area (Å²) in [7, 11) is 0. The van der Waals surface area contributed by atoms with Gasteiger partial charge in [-0.1, -0.05) is 23.7 Å². The van der Waals surface area contributed by atoms with Crippen LogP contribution in [0.4, 0.5) is 0 Å². The second-order valence-electron chi connectivity index (χ2n) is 4.07. The highest BCUT2D eigenvalue weighted by Gasteiger charge is 2.22. The quantitative estimate of drug-likeness (QED) is 0.696. The number of nitrogens with one attached hydrogen (secondary N) is 3. The third-order valence-electron chi connectivity index (χ3n) is 2.79. The minimum Gasteiger partial charge on any atom is -0.306 e. The van der Waals surface area contributed by atoms with Crippen molar-refractivity contribution >= 4 is 23.4 Å². The van der Waals surface area contributed by atoms with Crippen LogP contribution in [0.3, 0.4) is 0 Å². The van der Waals surface area contributed by atoms with Crippen LogP contribution in [0, 0.1) is 0 Å². The number of hydrazine groups is 1. The molecule has 1 aromatic rings. The van der Waals surface area contributed by atoms with Gasteiger partial charge in [0.05, 0.1) is 16.6 Å². The van der Waals surface area contributed by atoms with Crippen LogP contribution in [0.15, 0.2) is 24.3 Å². The lowest BCUT2D eigenvalue weighted by Gasteiger charge is -2.12. The fraction of sp³-hybridized carbons (Fsp3) is 0.333. The molecule has 0 aliphatic carbocycles. The lowest BCUT2D eigenvalue weighted by molar-refractivity contribution is -0.123. The number of carbonyl (C=O) groups excluding carboxylic acids is 2. The molecule has 0 saturated carbocycles. The van der Waals surface area contributed by atoms with Gasteiger partial charge < -0.3 is 5.32 Å². The van der Waals surface area contributed by atoms with Crippen LogP contribution >= 0.6 is 11.6 Å². The zero-order valence-electron chi connectivity index (χ0n) is 9.70. The van der Waals surface area contributed by atoms with E-state index in [0.717, 1.165) is 19.4 Å². The smallest absolute Gasteiger partial charge is 0.271 e. The molecule has 1 atom stereocenters. The Bertz CT molecular complexity index is 458. The van der Waals surface area contributed by atoms with Crippen molar-refractivity contribution < 1.29 is 9.59 Å². The molecule has 0 bridgehead atoms. The van der Waals surface area contributed by atoms with E-state index in [4.69, 9.17) is 11.6 Å². The van der Waals surface area contributed by atoms with E-state index in [1.165, 1.54) is 0 Å². The second-order valence-corrected chi connectivity index (χ2v) is 4.48. The van der Waals surface area contributed by atoms with Crippen LogP contribution < -0.4 is 16.2 Å². The first-order valence-corrected chi connectivity index (χ1v) is 6.14. The molecule has 96 valence electrons. The number of carbonyl (C=O) groups is 2. The first-order chi connectivity index (χ1) is 8.68. The molecule has 18 heavy (non-hydrogen) atoms. The number of amides is 2. The van der Waals surface area contributed by atoms with Crippen molar-refractivity contribution in [3.05, 3.63) is 34.9 Å². The third kappa shape index (κ3) is 3.00. The van der Waals surface area contributed by atoms with Crippen molar-refractivity contribution in [2.45, 2.75) is 18.9 Å². The predicted octanol–water partition coefficient (Wildman–Crippen LogP) is 0.853. The SMILES string of the molecule is O=C(NNC(=O)C1CCCN1)c1ccccc1Cl. The minimum absolute atomic E-state index is 0.225. The maximum atomic E-state index is 11.8. The lowest BCUT2D eigenvalue weighted by atomic mass is 10.2. The summed E-state index contributed by atoms with van der Waals surface area (Å²) >= 11 is 5.88. The molecule has 2 rings (SSSR count). The van der Waals surface area contributed by atoms with Crippen molar-refractivity contribution in [1.29, 1.82) is 0 Å². The Balaban J connectivity index is 1.88. The van der Waals surface area contributed by atoms with Crippen LogP contribution in [0.2, 0.25) is 5.02 Å². The molecule has 1 heterocycles. The van der Waals surface area contributed by atoms with Gasteiger partial charge in [-0.15, -0.1) is 0 Å². The topological polar surface area (TPSA) is 70.2 Å². The summed E-state index contributed by atoms with van der Waals surface area (Å²) in [5.41, 5.74) is 5.08. The molecule has 1 saturated heterocycles. The molecule has 0 radical (unpaired) electrons. The van der Waals surface area contributed by atoms with Gasteiger partial charge in [0.15, 0.2) is 0 Å². The third-order valence-corrected chi connectivity index (χ3v) is 3.12. The Labute approximate surface area is 110 Å².